The number of carbonyl (C=O) groups is 4. The number of anilines is 1. The Hall–Kier alpha value is -5.65. The van der Waals surface area contributed by atoms with Crippen molar-refractivity contribution in [2.75, 3.05) is 18.5 Å². The van der Waals surface area contributed by atoms with Crippen molar-refractivity contribution >= 4 is 40.6 Å². The molecule has 2 aliphatic rings. The molecule has 0 bridgehead atoms. The Labute approximate surface area is 340 Å². The van der Waals surface area contributed by atoms with Crippen molar-refractivity contribution in [2.45, 2.75) is 109 Å². The second-order valence-electron chi connectivity index (χ2n) is 16.7. The summed E-state index contributed by atoms with van der Waals surface area (Å²) >= 11 is 0. The molecule has 308 valence electrons. The number of aryl methyl sites for hydroxylation is 2. The van der Waals surface area contributed by atoms with E-state index in [2.05, 4.69) is 45.5 Å². The number of nitrogens with zero attached hydrogens (tertiary/aromatic N) is 1. The van der Waals surface area contributed by atoms with Crippen LogP contribution in [0.2, 0.25) is 0 Å². The van der Waals surface area contributed by atoms with Crippen LogP contribution in [0.5, 0.6) is 0 Å². The summed E-state index contributed by atoms with van der Waals surface area (Å²) in [7, 11) is 1.68. The molecule has 4 N–H and O–H groups in total. The van der Waals surface area contributed by atoms with Crippen LogP contribution in [0.15, 0.2) is 77.6 Å². The smallest absolute Gasteiger partial charge is 0.407 e. The Morgan fingerprint density at radius 3 is 2.16 bits per heavy atom. The number of hydrogen-bond acceptors (Lipinski definition) is 7. The number of ether oxygens (including phenoxy) is 2. The molecule has 12 nitrogen and oxygen atoms in total. The summed E-state index contributed by atoms with van der Waals surface area (Å²) in [4.78, 5) is 66.6. The van der Waals surface area contributed by atoms with Gasteiger partial charge >= 0.3 is 12.2 Å². The molecule has 0 radical (unpaired) electrons. The van der Waals surface area contributed by atoms with E-state index in [9.17, 15) is 24.0 Å². The van der Waals surface area contributed by atoms with E-state index in [0.29, 0.717) is 37.0 Å². The van der Waals surface area contributed by atoms with Crippen molar-refractivity contribution in [3.8, 4) is 11.1 Å². The van der Waals surface area contributed by atoms with Gasteiger partial charge in [0.2, 0.25) is 11.8 Å². The summed E-state index contributed by atoms with van der Waals surface area (Å²) in [6.45, 7) is 7.67. The fourth-order valence-electron chi connectivity index (χ4n) is 8.22. The number of rotatable bonds is 14. The number of pyridine rings is 1. The van der Waals surface area contributed by atoms with Crippen molar-refractivity contribution < 1.29 is 28.7 Å². The first-order valence-electron chi connectivity index (χ1n) is 20.6. The highest BCUT2D eigenvalue weighted by atomic mass is 16.6. The van der Waals surface area contributed by atoms with Crippen LogP contribution in [0.25, 0.3) is 22.0 Å². The maximum atomic E-state index is 14.2. The van der Waals surface area contributed by atoms with Gasteiger partial charge in [0.1, 0.15) is 24.3 Å². The normalized spacial score (nSPS) is 15.1. The average Bonchev–Trinajstić information content (AvgIpc) is 3.51. The van der Waals surface area contributed by atoms with Crippen molar-refractivity contribution in [2.24, 2.45) is 13.0 Å². The summed E-state index contributed by atoms with van der Waals surface area (Å²) in [5, 5.41) is 12.4. The van der Waals surface area contributed by atoms with Gasteiger partial charge in [-0.1, -0.05) is 86.7 Å². The van der Waals surface area contributed by atoms with Crippen LogP contribution in [0.4, 0.5) is 15.3 Å². The number of aromatic nitrogens is 1. The predicted molar refractivity (Wildman–Crippen MR) is 226 cm³/mol. The van der Waals surface area contributed by atoms with E-state index in [1.807, 2.05) is 37.3 Å². The first-order valence-corrected chi connectivity index (χ1v) is 20.6. The molecule has 3 aromatic carbocycles. The summed E-state index contributed by atoms with van der Waals surface area (Å²) in [5.41, 5.74) is 5.59. The second-order valence-corrected chi connectivity index (χ2v) is 16.7. The minimum absolute atomic E-state index is 0.108. The molecular formula is C46H57N5O7. The molecule has 0 unspecified atom stereocenters. The average molecular weight is 792 g/mol. The quantitative estimate of drug-likeness (QED) is 0.0948. The van der Waals surface area contributed by atoms with E-state index >= 15 is 0 Å². The lowest BCUT2D eigenvalue weighted by atomic mass is 9.84. The molecule has 6 rings (SSSR count). The number of carbonyl (C=O) groups excluding carboxylic acids is 4. The molecule has 4 amide bonds. The van der Waals surface area contributed by atoms with E-state index in [1.165, 1.54) is 4.57 Å². The van der Waals surface area contributed by atoms with Gasteiger partial charge in [-0.05, 0) is 99.2 Å². The summed E-state index contributed by atoms with van der Waals surface area (Å²) in [6, 6.07) is 21.3. The Morgan fingerprint density at radius 2 is 1.48 bits per heavy atom. The van der Waals surface area contributed by atoms with Gasteiger partial charge in [0, 0.05) is 36.7 Å². The maximum Gasteiger partial charge on any atom is 0.407 e. The highest BCUT2D eigenvalue weighted by Gasteiger charge is 2.32. The van der Waals surface area contributed by atoms with Crippen LogP contribution < -0.4 is 26.8 Å². The number of benzene rings is 3. The Kier molecular flexibility index (Phi) is 13.6. The predicted octanol–water partition coefficient (Wildman–Crippen LogP) is 7.84. The van der Waals surface area contributed by atoms with Gasteiger partial charge < -0.3 is 35.3 Å². The minimum atomic E-state index is -0.968. The first kappa shape index (κ1) is 42.0. The number of nitrogens with one attached hydrogen (secondary N) is 4. The van der Waals surface area contributed by atoms with Crippen LogP contribution in [0, 0.1) is 12.8 Å². The third kappa shape index (κ3) is 10.6. The molecule has 1 saturated carbocycles. The SMILES string of the molecule is Cc1cc(=O)n(C)c2cc(NC(=O)[C@H](CCCCNC(=O)OC(C)(C)C)NC(=O)[C@@H](CC3CCCCC3)NC(=O)OCC3c4ccccc4-c4ccccc43)ccc12. The van der Waals surface area contributed by atoms with Crippen molar-refractivity contribution in [3.05, 3.63) is 99.8 Å². The molecule has 0 aliphatic heterocycles. The van der Waals surface area contributed by atoms with Gasteiger partial charge in [-0.15, -0.1) is 0 Å². The van der Waals surface area contributed by atoms with Gasteiger partial charge in [-0.2, -0.15) is 0 Å². The van der Waals surface area contributed by atoms with E-state index in [4.69, 9.17) is 9.47 Å². The lowest BCUT2D eigenvalue weighted by Crippen LogP contribution is -2.53. The molecule has 4 aromatic rings. The molecule has 58 heavy (non-hydrogen) atoms. The van der Waals surface area contributed by atoms with E-state index < -0.39 is 41.7 Å². The molecule has 1 aromatic heterocycles. The molecule has 0 saturated heterocycles. The van der Waals surface area contributed by atoms with Gasteiger partial charge in [0.05, 0.1) is 5.52 Å². The zero-order valence-corrected chi connectivity index (χ0v) is 34.3. The summed E-state index contributed by atoms with van der Waals surface area (Å²) in [6.07, 6.45) is 5.65. The van der Waals surface area contributed by atoms with Gasteiger partial charge in [-0.3, -0.25) is 14.4 Å². The number of hydrogen-bond donors (Lipinski definition) is 4. The first-order chi connectivity index (χ1) is 27.8. The molecule has 2 atom stereocenters. The van der Waals surface area contributed by atoms with Crippen LogP contribution in [0.3, 0.4) is 0 Å². The van der Waals surface area contributed by atoms with Gasteiger partial charge in [0.25, 0.3) is 5.56 Å². The lowest BCUT2D eigenvalue weighted by molar-refractivity contribution is -0.128. The standard InChI is InChI=1S/C46H57N5O7/c1-29-25-41(52)51(5)40-27-31(22-23-32(29)40)48-42(53)38(21-13-14-24-47-44(55)58-46(2,3)4)49-43(54)39(26-30-15-7-6-8-16-30)50-45(56)57-28-37-35-19-11-9-17-33(35)34-18-10-12-20-36(34)37/h9-12,17-20,22-23,25,27,30,37-39H,6-8,13-16,21,24,26,28H2,1-5H3,(H,47,55)(H,48,53)(H,49,54)(H,50,56)/t38-,39+/m0/s1. The second kappa shape index (κ2) is 18.7. The van der Waals surface area contributed by atoms with Crippen molar-refractivity contribution in [1.82, 2.24) is 20.5 Å². The van der Waals surface area contributed by atoms with Gasteiger partial charge in [-0.25, -0.2) is 9.59 Å². The summed E-state index contributed by atoms with van der Waals surface area (Å²) < 4.78 is 12.7. The molecule has 0 spiro atoms. The highest BCUT2D eigenvalue weighted by Crippen LogP contribution is 2.44. The fourth-order valence-corrected chi connectivity index (χ4v) is 8.22. The summed E-state index contributed by atoms with van der Waals surface area (Å²) in [5.74, 6) is -0.814. The molecule has 12 heteroatoms. The topological polar surface area (TPSA) is 157 Å². The van der Waals surface area contributed by atoms with Crippen LogP contribution in [-0.2, 0) is 26.1 Å². The third-order valence-electron chi connectivity index (χ3n) is 11.2. The Bertz CT molecular complexity index is 2140. The third-order valence-corrected chi connectivity index (χ3v) is 11.2. The lowest BCUT2D eigenvalue weighted by Gasteiger charge is -2.28. The largest absolute Gasteiger partial charge is 0.449 e. The zero-order valence-electron chi connectivity index (χ0n) is 34.3. The maximum absolute atomic E-state index is 14.2. The van der Waals surface area contributed by atoms with E-state index in [0.717, 1.165) is 65.3 Å². The minimum Gasteiger partial charge on any atom is -0.449 e. The zero-order chi connectivity index (χ0) is 41.4. The Balaban J connectivity index is 1.16. The number of fused-ring (bicyclic) bond motifs is 4. The van der Waals surface area contributed by atoms with Crippen molar-refractivity contribution in [1.29, 1.82) is 0 Å². The van der Waals surface area contributed by atoms with Crippen LogP contribution in [-0.4, -0.2) is 59.4 Å². The molecular weight excluding hydrogens is 735 g/mol. The number of amides is 4. The van der Waals surface area contributed by atoms with Crippen molar-refractivity contribution in [3.63, 3.8) is 0 Å². The monoisotopic (exact) mass is 791 g/mol. The van der Waals surface area contributed by atoms with E-state index in [1.54, 1.807) is 46.0 Å². The number of unbranched alkanes of at least 4 members (excludes halogenated alkanes) is 1. The van der Waals surface area contributed by atoms with Crippen LogP contribution in [0.1, 0.15) is 101 Å². The van der Waals surface area contributed by atoms with Crippen LogP contribution >= 0.6 is 0 Å². The highest BCUT2D eigenvalue weighted by molar-refractivity contribution is 5.99. The molecule has 1 heterocycles. The molecule has 1 fully saturated rings. The Morgan fingerprint density at radius 1 is 0.810 bits per heavy atom. The number of alkyl carbamates (subject to hydrolysis) is 2. The van der Waals surface area contributed by atoms with E-state index in [-0.39, 0.29) is 30.4 Å². The van der Waals surface area contributed by atoms with Gasteiger partial charge in [0.15, 0.2) is 0 Å². The fraction of sp³-hybridized carbons (Fsp3) is 0.457. The molecule has 2 aliphatic carbocycles.